The Morgan fingerprint density at radius 2 is 2.31 bits per heavy atom. The zero-order chi connectivity index (χ0) is 11.6. The lowest BCUT2D eigenvalue weighted by molar-refractivity contribution is 0.436. The molecule has 0 amide bonds. The molecule has 1 aliphatic rings. The molecule has 88 valence electrons. The molecule has 1 N–H and O–H groups in total. The molecule has 5 heteroatoms. The molecule has 0 unspecified atom stereocenters. The van der Waals surface area contributed by atoms with Gasteiger partial charge in [-0.1, -0.05) is 25.6 Å². The SMILES string of the molecule is Cc1ncc(CNC2=NCC(C)(C)CS2)s1. The monoisotopic (exact) mass is 255 g/mol. The second-order valence-corrected chi connectivity index (χ2v) is 7.06. The number of aliphatic imine (C=N–C) groups is 1. The van der Waals surface area contributed by atoms with Crippen LogP contribution in [0.2, 0.25) is 0 Å². The molecular formula is C11H17N3S2. The summed E-state index contributed by atoms with van der Waals surface area (Å²) in [5, 5.41) is 5.57. The summed E-state index contributed by atoms with van der Waals surface area (Å²) in [6, 6.07) is 0. The van der Waals surface area contributed by atoms with E-state index in [-0.39, 0.29) is 0 Å². The first kappa shape index (κ1) is 11.9. The van der Waals surface area contributed by atoms with Crippen molar-refractivity contribution in [2.75, 3.05) is 12.3 Å². The van der Waals surface area contributed by atoms with Gasteiger partial charge in [-0.3, -0.25) is 4.99 Å². The van der Waals surface area contributed by atoms with Crippen molar-refractivity contribution >= 4 is 28.3 Å². The number of amidine groups is 1. The van der Waals surface area contributed by atoms with Gasteiger partial charge in [0.05, 0.1) is 11.6 Å². The first-order chi connectivity index (χ1) is 7.55. The van der Waals surface area contributed by atoms with E-state index in [1.165, 1.54) is 4.88 Å². The van der Waals surface area contributed by atoms with Gasteiger partial charge in [-0.15, -0.1) is 11.3 Å². The molecule has 0 radical (unpaired) electrons. The highest BCUT2D eigenvalue weighted by atomic mass is 32.2. The number of hydrogen-bond acceptors (Lipinski definition) is 5. The van der Waals surface area contributed by atoms with Crippen LogP contribution in [-0.4, -0.2) is 22.4 Å². The highest BCUT2D eigenvalue weighted by Gasteiger charge is 2.23. The average molecular weight is 255 g/mol. The maximum Gasteiger partial charge on any atom is 0.156 e. The Balaban J connectivity index is 1.85. The summed E-state index contributed by atoms with van der Waals surface area (Å²) in [4.78, 5) is 10.1. The van der Waals surface area contributed by atoms with Crippen LogP contribution in [0.4, 0.5) is 0 Å². The van der Waals surface area contributed by atoms with Gasteiger partial charge >= 0.3 is 0 Å². The Labute approximate surface area is 105 Å². The minimum atomic E-state index is 0.344. The standard InChI is InChI=1S/C11H17N3S2/c1-8-12-4-9(16-8)5-13-10-14-6-11(2,3)7-15-10/h4H,5-7H2,1-3H3,(H,13,14). The van der Waals surface area contributed by atoms with Crippen LogP contribution in [-0.2, 0) is 6.54 Å². The van der Waals surface area contributed by atoms with E-state index < -0.39 is 0 Å². The Hall–Kier alpha value is -0.550. The summed E-state index contributed by atoms with van der Waals surface area (Å²) in [6.45, 7) is 8.31. The van der Waals surface area contributed by atoms with Crippen LogP contribution in [0.3, 0.4) is 0 Å². The molecule has 0 atom stereocenters. The Kier molecular flexibility index (Phi) is 3.54. The van der Waals surface area contributed by atoms with E-state index in [0.29, 0.717) is 5.41 Å². The summed E-state index contributed by atoms with van der Waals surface area (Å²) >= 11 is 3.56. The van der Waals surface area contributed by atoms with Gasteiger partial charge in [-0.2, -0.15) is 0 Å². The second-order valence-electron chi connectivity index (χ2n) is 4.77. The number of thiazole rings is 1. The number of aromatic nitrogens is 1. The number of hydrogen-bond donors (Lipinski definition) is 1. The highest BCUT2D eigenvalue weighted by Crippen LogP contribution is 2.27. The van der Waals surface area contributed by atoms with Crippen molar-refractivity contribution in [3.05, 3.63) is 16.1 Å². The molecule has 0 aromatic carbocycles. The minimum Gasteiger partial charge on any atom is -0.360 e. The molecule has 1 aromatic heterocycles. The van der Waals surface area contributed by atoms with E-state index >= 15 is 0 Å². The largest absolute Gasteiger partial charge is 0.360 e. The lowest BCUT2D eigenvalue weighted by Crippen LogP contribution is -2.30. The molecule has 0 saturated carbocycles. The van der Waals surface area contributed by atoms with Gasteiger partial charge < -0.3 is 5.32 Å². The fraction of sp³-hybridized carbons (Fsp3) is 0.636. The van der Waals surface area contributed by atoms with Crippen LogP contribution >= 0.6 is 23.1 Å². The molecule has 2 heterocycles. The van der Waals surface area contributed by atoms with E-state index in [1.54, 1.807) is 11.3 Å². The first-order valence-electron chi connectivity index (χ1n) is 5.38. The molecule has 0 saturated heterocycles. The van der Waals surface area contributed by atoms with Crippen molar-refractivity contribution < 1.29 is 0 Å². The molecular weight excluding hydrogens is 238 g/mol. The van der Waals surface area contributed by atoms with E-state index in [1.807, 2.05) is 24.9 Å². The Morgan fingerprint density at radius 3 is 2.88 bits per heavy atom. The fourth-order valence-corrected chi connectivity index (χ4v) is 3.08. The van der Waals surface area contributed by atoms with Gasteiger partial charge in [0, 0.05) is 23.4 Å². The van der Waals surface area contributed by atoms with E-state index in [9.17, 15) is 0 Å². The van der Waals surface area contributed by atoms with Gasteiger partial charge in [-0.25, -0.2) is 4.98 Å². The quantitative estimate of drug-likeness (QED) is 0.883. The molecule has 0 bridgehead atoms. The molecule has 1 aliphatic heterocycles. The maximum atomic E-state index is 4.56. The predicted molar refractivity (Wildman–Crippen MR) is 72.2 cm³/mol. The van der Waals surface area contributed by atoms with Crippen LogP contribution in [0.15, 0.2) is 11.2 Å². The van der Waals surface area contributed by atoms with Crippen molar-refractivity contribution in [2.45, 2.75) is 27.3 Å². The average Bonchev–Trinajstić information content (AvgIpc) is 2.63. The third kappa shape index (κ3) is 3.22. The summed E-state index contributed by atoms with van der Waals surface area (Å²) in [5.41, 5.74) is 0.344. The van der Waals surface area contributed by atoms with Gasteiger partial charge in [0.25, 0.3) is 0 Å². The van der Waals surface area contributed by atoms with Crippen molar-refractivity contribution in [1.82, 2.24) is 10.3 Å². The third-order valence-corrected chi connectivity index (χ3v) is 4.72. The van der Waals surface area contributed by atoms with Gasteiger partial charge in [-0.05, 0) is 12.3 Å². The lowest BCUT2D eigenvalue weighted by Gasteiger charge is -2.27. The molecule has 0 fully saturated rings. The second kappa shape index (κ2) is 4.75. The van der Waals surface area contributed by atoms with Crippen LogP contribution < -0.4 is 5.32 Å². The molecule has 1 aromatic rings. The van der Waals surface area contributed by atoms with Crippen molar-refractivity contribution in [3.8, 4) is 0 Å². The van der Waals surface area contributed by atoms with Crippen molar-refractivity contribution in [3.63, 3.8) is 0 Å². The molecule has 0 spiro atoms. The zero-order valence-electron chi connectivity index (χ0n) is 9.91. The molecule has 3 nitrogen and oxygen atoms in total. The fourth-order valence-electron chi connectivity index (χ4n) is 1.40. The lowest BCUT2D eigenvalue weighted by atomic mass is 9.97. The minimum absolute atomic E-state index is 0.344. The van der Waals surface area contributed by atoms with Crippen LogP contribution in [0.1, 0.15) is 23.7 Å². The normalized spacial score (nSPS) is 19.3. The van der Waals surface area contributed by atoms with Crippen LogP contribution in [0, 0.1) is 12.3 Å². The number of aryl methyl sites for hydroxylation is 1. The zero-order valence-corrected chi connectivity index (χ0v) is 11.5. The number of nitrogens with one attached hydrogen (secondary N) is 1. The van der Waals surface area contributed by atoms with Gasteiger partial charge in [0.15, 0.2) is 5.17 Å². The summed E-state index contributed by atoms with van der Waals surface area (Å²) in [6.07, 6.45) is 1.94. The predicted octanol–water partition coefficient (Wildman–Crippen LogP) is 2.67. The van der Waals surface area contributed by atoms with Crippen LogP contribution in [0.5, 0.6) is 0 Å². The highest BCUT2D eigenvalue weighted by molar-refractivity contribution is 8.13. The van der Waals surface area contributed by atoms with Gasteiger partial charge in [0.1, 0.15) is 0 Å². The van der Waals surface area contributed by atoms with Crippen molar-refractivity contribution in [2.24, 2.45) is 10.4 Å². The first-order valence-corrected chi connectivity index (χ1v) is 7.18. The molecule has 2 rings (SSSR count). The third-order valence-electron chi connectivity index (χ3n) is 2.33. The summed E-state index contributed by atoms with van der Waals surface area (Å²) < 4.78 is 0. The van der Waals surface area contributed by atoms with Crippen molar-refractivity contribution in [1.29, 1.82) is 0 Å². The number of thioether (sulfide) groups is 1. The smallest absolute Gasteiger partial charge is 0.156 e. The maximum absolute atomic E-state index is 4.56. The van der Waals surface area contributed by atoms with E-state index in [0.717, 1.165) is 29.0 Å². The summed E-state index contributed by atoms with van der Waals surface area (Å²) in [5.74, 6) is 1.14. The Morgan fingerprint density at radius 1 is 1.50 bits per heavy atom. The molecule has 0 aliphatic carbocycles. The van der Waals surface area contributed by atoms with E-state index in [2.05, 4.69) is 29.1 Å². The Bertz CT molecular complexity index is 396. The molecule has 16 heavy (non-hydrogen) atoms. The van der Waals surface area contributed by atoms with E-state index in [4.69, 9.17) is 0 Å². The topological polar surface area (TPSA) is 37.3 Å². The number of nitrogens with zero attached hydrogens (tertiary/aromatic N) is 2. The summed E-state index contributed by atoms with van der Waals surface area (Å²) in [7, 11) is 0. The number of rotatable bonds is 2. The van der Waals surface area contributed by atoms with Crippen LogP contribution in [0.25, 0.3) is 0 Å². The van der Waals surface area contributed by atoms with Gasteiger partial charge in [0.2, 0.25) is 0 Å².